The fraction of sp³-hybridized carbons (Fsp3) is 0.857. The van der Waals surface area contributed by atoms with Gasteiger partial charge >= 0.3 is 0 Å². The number of hydrogen-bond acceptors (Lipinski definition) is 1. The molecular formula is C7H13NO. The molecule has 0 radical (unpaired) electrons. The monoisotopic (exact) mass is 127 g/mol. The molecule has 1 N–H and O–H groups in total. The lowest BCUT2D eigenvalue weighted by molar-refractivity contribution is -0.122. The van der Waals surface area contributed by atoms with E-state index < -0.39 is 0 Å². The van der Waals surface area contributed by atoms with Gasteiger partial charge in [0.05, 0.1) is 0 Å². The number of amides is 1. The van der Waals surface area contributed by atoms with Crippen molar-refractivity contribution in [2.45, 2.75) is 20.3 Å². The van der Waals surface area contributed by atoms with Crippen LogP contribution in [0.1, 0.15) is 20.3 Å². The molecule has 1 unspecified atom stereocenters. The smallest absolute Gasteiger partial charge is 0.223 e. The highest BCUT2D eigenvalue weighted by atomic mass is 16.2. The second-order valence-corrected chi connectivity index (χ2v) is 2.70. The van der Waals surface area contributed by atoms with Crippen LogP contribution in [0.15, 0.2) is 0 Å². The van der Waals surface area contributed by atoms with Crippen LogP contribution in [-0.2, 0) is 4.79 Å². The first-order chi connectivity index (χ1) is 4.25. The minimum absolute atomic E-state index is 0.224. The molecule has 0 aliphatic carbocycles. The zero-order valence-electron chi connectivity index (χ0n) is 5.98. The number of carbonyl (C=O) groups is 1. The predicted molar refractivity (Wildman–Crippen MR) is 36.0 cm³/mol. The van der Waals surface area contributed by atoms with E-state index in [1.54, 1.807) is 0 Å². The Morgan fingerprint density at radius 1 is 1.78 bits per heavy atom. The Morgan fingerprint density at radius 2 is 2.44 bits per heavy atom. The van der Waals surface area contributed by atoms with E-state index in [2.05, 4.69) is 12.2 Å². The summed E-state index contributed by atoms with van der Waals surface area (Å²) in [6.45, 7) is 5.01. The molecule has 2 heteroatoms. The Hall–Kier alpha value is -0.530. The molecule has 0 spiro atoms. The third-order valence-electron chi connectivity index (χ3n) is 2.18. The first-order valence-electron chi connectivity index (χ1n) is 3.53. The topological polar surface area (TPSA) is 29.1 Å². The standard InChI is InChI=1S/C7H13NO/c1-3-6-4-8-7(9)5(6)2/h5-6H,3-4H2,1-2H3,(H,8,9)/t5?,6-/m0/s1. The van der Waals surface area contributed by atoms with Gasteiger partial charge < -0.3 is 5.32 Å². The summed E-state index contributed by atoms with van der Waals surface area (Å²) in [5.74, 6) is 1.05. The molecule has 0 saturated carbocycles. The Morgan fingerprint density at radius 3 is 2.67 bits per heavy atom. The highest BCUT2D eigenvalue weighted by molar-refractivity contribution is 5.80. The van der Waals surface area contributed by atoms with Crippen molar-refractivity contribution >= 4 is 5.91 Å². The molecule has 2 atom stereocenters. The molecule has 0 aromatic heterocycles. The SMILES string of the molecule is CC[C@H]1CNC(=O)C1C. The van der Waals surface area contributed by atoms with Gasteiger partial charge in [0.1, 0.15) is 0 Å². The molecule has 0 aromatic carbocycles. The third kappa shape index (κ3) is 1.07. The quantitative estimate of drug-likeness (QED) is 0.554. The van der Waals surface area contributed by atoms with Crippen LogP contribution in [0.5, 0.6) is 0 Å². The maximum absolute atomic E-state index is 10.8. The zero-order chi connectivity index (χ0) is 6.85. The average Bonchev–Trinajstić information content (AvgIpc) is 2.15. The van der Waals surface area contributed by atoms with Crippen LogP contribution in [0.3, 0.4) is 0 Å². The lowest BCUT2D eigenvalue weighted by Gasteiger charge is -2.06. The van der Waals surface area contributed by atoms with Crippen molar-refractivity contribution in [1.82, 2.24) is 5.32 Å². The van der Waals surface area contributed by atoms with Crippen molar-refractivity contribution in [2.24, 2.45) is 11.8 Å². The number of carbonyl (C=O) groups excluding carboxylic acids is 1. The van der Waals surface area contributed by atoms with Crippen molar-refractivity contribution < 1.29 is 4.79 Å². The lowest BCUT2D eigenvalue weighted by Crippen LogP contribution is -2.16. The number of nitrogens with one attached hydrogen (secondary N) is 1. The van der Waals surface area contributed by atoms with E-state index in [1.165, 1.54) is 0 Å². The van der Waals surface area contributed by atoms with Gasteiger partial charge in [0.2, 0.25) is 5.91 Å². The number of rotatable bonds is 1. The molecule has 1 heterocycles. The normalized spacial score (nSPS) is 34.7. The fourth-order valence-corrected chi connectivity index (χ4v) is 1.28. The van der Waals surface area contributed by atoms with Crippen LogP contribution in [0.25, 0.3) is 0 Å². The maximum Gasteiger partial charge on any atom is 0.223 e. The molecule has 1 aliphatic rings. The van der Waals surface area contributed by atoms with Crippen molar-refractivity contribution in [3.05, 3.63) is 0 Å². The van der Waals surface area contributed by atoms with Crippen molar-refractivity contribution in [3.8, 4) is 0 Å². The molecule has 1 fully saturated rings. The van der Waals surface area contributed by atoms with Gasteiger partial charge in [-0.1, -0.05) is 20.3 Å². The van der Waals surface area contributed by atoms with Gasteiger partial charge in [-0.3, -0.25) is 4.79 Å². The molecule has 52 valence electrons. The second kappa shape index (κ2) is 2.38. The molecule has 1 aliphatic heterocycles. The first kappa shape index (κ1) is 6.59. The van der Waals surface area contributed by atoms with E-state index >= 15 is 0 Å². The third-order valence-corrected chi connectivity index (χ3v) is 2.18. The Kier molecular flexibility index (Phi) is 1.74. The van der Waals surface area contributed by atoms with Gasteiger partial charge in [-0.2, -0.15) is 0 Å². The van der Waals surface area contributed by atoms with Crippen molar-refractivity contribution in [3.63, 3.8) is 0 Å². The molecule has 1 saturated heterocycles. The van der Waals surface area contributed by atoms with E-state index in [1.807, 2.05) is 6.92 Å². The van der Waals surface area contributed by atoms with Crippen LogP contribution < -0.4 is 5.32 Å². The van der Waals surface area contributed by atoms with Crippen LogP contribution in [0.4, 0.5) is 0 Å². The minimum atomic E-state index is 0.224. The van der Waals surface area contributed by atoms with Crippen molar-refractivity contribution in [2.75, 3.05) is 6.54 Å². The van der Waals surface area contributed by atoms with Gasteiger partial charge in [-0.05, 0) is 5.92 Å². The summed E-state index contributed by atoms with van der Waals surface area (Å²) < 4.78 is 0. The van der Waals surface area contributed by atoms with E-state index in [0.717, 1.165) is 13.0 Å². The molecule has 9 heavy (non-hydrogen) atoms. The maximum atomic E-state index is 10.8. The van der Waals surface area contributed by atoms with Crippen molar-refractivity contribution in [1.29, 1.82) is 0 Å². The van der Waals surface area contributed by atoms with E-state index in [0.29, 0.717) is 5.92 Å². The summed E-state index contributed by atoms with van der Waals surface area (Å²) >= 11 is 0. The van der Waals surface area contributed by atoms with Crippen LogP contribution in [0, 0.1) is 11.8 Å². The summed E-state index contributed by atoms with van der Waals surface area (Å²) in [6, 6.07) is 0. The largest absolute Gasteiger partial charge is 0.356 e. The average molecular weight is 127 g/mol. The summed E-state index contributed by atoms with van der Waals surface area (Å²) in [5, 5.41) is 2.83. The lowest BCUT2D eigenvalue weighted by atomic mass is 9.95. The Balaban J connectivity index is 2.51. The highest BCUT2D eigenvalue weighted by Gasteiger charge is 2.28. The van der Waals surface area contributed by atoms with Crippen LogP contribution in [-0.4, -0.2) is 12.5 Å². The fourth-order valence-electron chi connectivity index (χ4n) is 1.28. The first-order valence-corrected chi connectivity index (χ1v) is 3.53. The van der Waals surface area contributed by atoms with Crippen LogP contribution >= 0.6 is 0 Å². The van der Waals surface area contributed by atoms with E-state index in [-0.39, 0.29) is 11.8 Å². The minimum Gasteiger partial charge on any atom is -0.356 e. The second-order valence-electron chi connectivity index (χ2n) is 2.70. The number of hydrogen-bond donors (Lipinski definition) is 1. The molecule has 1 amide bonds. The van der Waals surface area contributed by atoms with Crippen LogP contribution in [0.2, 0.25) is 0 Å². The van der Waals surface area contributed by atoms with Gasteiger partial charge in [0.25, 0.3) is 0 Å². The van der Waals surface area contributed by atoms with E-state index in [9.17, 15) is 4.79 Å². The zero-order valence-corrected chi connectivity index (χ0v) is 5.98. The Bertz CT molecular complexity index is 122. The Labute approximate surface area is 55.6 Å². The molecule has 2 nitrogen and oxygen atoms in total. The molecular weight excluding hydrogens is 114 g/mol. The summed E-state index contributed by atoms with van der Waals surface area (Å²) in [6.07, 6.45) is 1.11. The summed E-state index contributed by atoms with van der Waals surface area (Å²) in [4.78, 5) is 10.8. The highest BCUT2D eigenvalue weighted by Crippen LogP contribution is 2.19. The molecule has 1 rings (SSSR count). The van der Waals surface area contributed by atoms with Gasteiger partial charge in [-0.15, -0.1) is 0 Å². The van der Waals surface area contributed by atoms with E-state index in [4.69, 9.17) is 0 Å². The van der Waals surface area contributed by atoms with Gasteiger partial charge in [0, 0.05) is 12.5 Å². The van der Waals surface area contributed by atoms with Gasteiger partial charge in [0.15, 0.2) is 0 Å². The molecule has 0 aromatic rings. The molecule has 0 bridgehead atoms. The summed E-state index contributed by atoms with van der Waals surface area (Å²) in [7, 11) is 0. The van der Waals surface area contributed by atoms with Gasteiger partial charge in [-0.25, -0.2) is 0 Å². The summed E-state index contributed by atoms with van der Waals surface area (Å²) in [5.41, 5.74) is 0. The predicted octanol–water partition coefficient (Wildman–Crippen LogP) is 0.778.